The van der Waals surface area contributed by atoms with Crippen molar-refractivity contribution in [2.45, 2.75) is 26.2 Å². The quantitative estimate of drug-likeness (QED) is 0.804. The summed E-state index contributed by atoms with van der Waals surface area (Å²) in [4.78, 5) is 18.3. The topological polar surface area (TPSA) is 54.5 Å². The highest BCUT2D eigenvalue weighted by Crippen LogP contribution is 2.11. The Morgan fingerprint density at radius 1 is 1.35 bits per heavy atom. The number of carbonyl (C=O) groups is 1. The van der Waals surface area contributed by atoms with E-state index in [2.05, 4.69) is 17.2 Å². The molecule has 1 saturated heterocycles. The summed E-state index contributed by atoms with van der Waals surface area (Å²) in [6.07, 6.45) is 4.99. The van der Waals surface area contributed by atoms with Gasteiger partial charge in [0.15, 0.2) is 0 Å². The molecule has 0 saturated carbocycles. The highest BCUT2D eigenvalue weighted by atomic mass is 16.5. The number of amides is 1. The van der Waals surface area contributed by atoms with Crippen molar-refractivity contribution in [1.29, 1.82) is 0 Å². The van der Waals surface area contributed by atoms with Gasteiger partial charge in [0.2, 0.25) is 5.88 Å². The van der Waals surface area contributed by atoms with Crippen LogP contribution < -0.4 is 10.1 Å². The van der Waals surface area contributed by atoms with Crippen LogP contribution in [0.15, 0.2) is 18.3 Å². The molecule has 1 aliphatic rings. The molecule has 5 nitrogen and oxygen atoms in total. The average Bonchev–Trinajstić information content (AvgIpc) is 2.52. The number of nitrogens with one attached hydrogen (secondary N) is 1. The molecule has 1 aliphatic heterocycles. The first-order valence-corrected chi connectivity index (χ1v) is 7.40. The second kappa shape index (κ2) is 7.85. The lowest BCUT2D eigenvalue weighted by atomic mass is 10.2. The summed E-state index contributed by atoms with van der Waals surface area (Å²) in [5.74, 6) is 0.648. The van der Waals surface area contributed by atoms with E-state index in [9.17, 15) is 4.79 Å². The Morgan fingerprint density at radius 3 is 2.80 bits per heavy atom. The summed E-state index contributed by atoms with van der Waals surface area (Å²) in [7, 11) is 0. The molecule has 20 heavy (non-hydrogen) atoms. The molecule has 1 fully saturated rings. The molecule has 1 N–H and O–H groups in total. The lowest BCUT2D eigenvalue weighted by Gasteiger charge is -2.27. The van der Waals surface area contributed by atoms with Crippen molar-refractivity contribution in [3.63, 3.8) is 0 Å². The molecule has 0 unspecified atom stereocenters. The molecule has 0 aliphatic carbocycles. The van der Waals surface area contributed by atoms with Crippen molar-refractivity contribution in [1.82, 2.24) is 15.2 Å². The van der Waals surface area contributed by atoms with Gasteiger partial charge in [0, 0.05) is 38.4 Å². The van der Waals surface area contributed by atoms with Gasteiger partial charge in [-0.1, -0.05) is 19.8 Å². The maximum atomic E-state index is 12.2. The number of hydrogen-bond acceptors (Lipinski definition) is 4. The van der Waals surface area contributed by atoms with Gasteiger partial charge >= 0.3 is 0 Å². The van der Waals surface area contributed by atoms with E-state index in [-0.39, 0.29) is 5.91 Å². The van der Waals surface area contributed by atoms with Gasteiger partial charge in [-0.3, -0.25) is 4.79 Å². The van der Waals surface area contributed by atoms with Gasteiger partial charge in [0.1, 0.15) is 0 Å². The second-order valence-corrected chi connectivity index (χ2v) is 4.98. The van der Waals surface area contributed by atoms with Crippen LogP contribution in [0.25, 0.3) is 0 Å². The summed E-state index contributed by atoms with van der Waals surface area (Å²) in [6.45, 7) is 6.08. The first kappa shape index (κ1) is 14.8. The monoisotopic (exact) mass is 277 g/mol. The van der Waals surface area contributed by atoms with Crippen LogP contribution in [0.4, 0.5) is 0 Å². The second-order valence-electron chi connectivity index (χ2n) is 4.98. The Kier molecular flexibility index (Phi) is 5.80. The van der Waals surface area contributed by atoms with E-state index < -0.39 is 0 Å². The Morgan fingerprint density at radius 2 is 2.15 bits per heavy atom. The minimum absolute atomic E-state index is 0.0523. The first-order chi connectivity index (χ1) is 9.81. The Labute approximate surface area is 120 Å². The van der Waals surface area contributed by atoms with Crippen molar-refractivity contribution in [3.05, 3.63) is 23.9 Å². The molecule has 0 spiro atoms. The lowest BCUT2D eigenvalue weighted by Crippen LogP contribution is -2.46. The Hall–Kier alpha value is -1.62. The average molecular weight is 277 g/mol. The minimum atomic E-state index is 0.0523. The summed E-state index contributed by atoms with van der Waals surface area (Å²) < 4.78 is 5.54. The van der Waals surface area contributed by atoms with Crippen molar-refractivity contribution in [3.8, 4) is 5.88 Å². The maximum Gasteiger partial charge on any atom is 0.255 e. The molecule has 0 atom stereocenters. The number of piperazine rings is 1. The normalized spacial score (nSPS) is 15.2. The summed E-state index contributed by atoms with van der Waals surface area (Å²) in [5, 5.41) is 3.23. The zero-order valence-corrected chi connectivity index (χ0v) is 12.1. The van der Waals surface area contributed by atoms with Crippen molar-refractivity contribution in [2.75, 3.05) is 32.8 Å². The van der Waals surface area contributed by atoms with Crippen LogP contribution in [0.3, 0.4) is 0 Å². The van der Waals surface area contributed by atoms with Crippen LogP contribution in [-0.2, 0) is 0 Å². The van der Waals surface area contributed by atoms with Crippen molar-refractivity contribution < 1.29 is 9.53 Å². The van der Waals surface area contributed by atoms with E-state index >= 15 is 0 Å². The molecule has 1 aromatic rings. The van der Waals surface area contributed by atoms with Gasteiger partial charge < -0.3 is 15.0 Å². The molecule has 0 radical (unpaired) electrons. The third-order valence-corrected chi connectivity index (χ3v) is 3.39. The van der Waals surface area contributed by atoms with Crippen LogP contribution in [-0.4, -0.2) is 48.6 Å². The molecular formula is C15H23N3O2. The number of unbranched alkanes of at least 4 members (excludes halogenated alkanes) is 2. The maximum absolute atomic E-state index is 12.2. The molecule has 1 amide bonds. The summed E-state index contributed by atoms with van der Waals surface area (Å²) in [6, 6.07) is 3.58. The summed E-state index contributed by atoms with van der Waals surface area (Å²) in [5.41, 5.74) is 0.632. The fraction of sp³-hybridized carbons (Fsp3) is 0.600. The number of aromatic nitrogens is 1. The number of hydrogen-bond donors (Lipinski definition) is 1. The molecule has 2 heterocycles. The van der Waals surface area contributed by atoms with Gasteiger partial charge in [-0.15, -0.1) is 0 Å². The molecule has 2 rings (SSSR count). The fourth-order valence-electron chi connectivity index (χ4n) is 2.17. The van der Waals surface area contributed by atoms with Crippen LogP contribution >= 0.6 is 0 Å². The smallest absolute Gasteiger partial charge is 0.255 e. The first-order valence-electron chi connectivity index (χ1n) is 7.40. The summed E-state index contributed by atoms with van der Waals surface area (Å²) >= 11 is 0. The van der Waals surface area contributed by atoms with Gasteiger partial charge in [-0.05, 0) is 12.5 Å². The SMILES string of the molecule is CCCCCOc1ccc(C(=O)N2CCNCC2)cn1. The van der Waals surface area contributed by atoms with Crippen LogP contribution in [0.1, 0.15) is 36.5 Å². The van der Waals surface area contributed by atoms with Crippen molar-refractivity contribution >= 4 is 5.91 Å². The van der Waals surface area contributed by atoms with E-state index in [4.69, 9.17) is 4.74 Å². The number of pyridine rings is 1. The van der Waals surface area contributed by atoms with Crippen LogP contribution in [0.5, 0.6) is 5.88 Å². The highest BCUT2D eigenvalue weighted by Gasteiger charge is 2.18. The Bertz CT molecular complexity index is 414. The largest absolute Gasteiger partial charge is 0.478 e. The van der Waals surface area contributed by atoms with Gasteiger partial charge in [-0.2, -0.15) is 0 Å². The third-order valence-electron chi connectivity index (χ3n) is 3.39. The molecule has 5 heteroatoms. The van der Waals surface area contributed by atoms with Crippen molar-refractivity contribution in [2.24, 2.45) is 0 Å². The molecule has 110 valence electrons. The van der Waals surface area contributed by atoms with E-state index in [1.54, 1.807) is 18.3 Å². The molecular weight excluding hydrogens is 254 g/mol. The molecule has 0 bridgehead atoms. The Balaban J connectivity index is 1.85. The molecule has 1 aromatic heterocycles. The van der Waals surface area contributed by atoms with Crippen LogP contribution in [0, 0.1) is 0 Å². The zero-order valence-electron chi connectivity index (χ0n) is 12.1. The van der Waals surface area contributed by atoms with E-state index in [0.717, 1.165) is 32.6 Å². The third kappa shape index (κ3) is 4.20. The van der Waals surface area contributed by atoms with Gasteiger partial charge in [0.25, 0.3) is 5.91 Å². The predicted molar refractivity (Wildman–Crippen MR) is 78.0 cm³/mol. The lowest BCUT2D eigenvalue weighted by molar-refractivity contribution is 0.0735. The number of nitrogens with zero attached hydrogens (tertiary/aromatic N) is 2. The predicted octanol–water partition coefficient (Wildman–Crippen LogP) is 1.70. The molecule has 0 aromatic carbocycles. The standard InChI is InChI=1S/C15H23N3O2/c1-2-3-4-11-20-14-6-5-13(12-17-14)15(19)18-9-7-16-8-10-18/h5-6,12,16H,2-4,7-11H2,1H3. The van der Waals surface area contributed by atoms with Gasteiger partial charge in [-0.25, -0.2) is 4.98 Å². The zero-order chi connectivity index (χ0) is 14.2. The van der Waals surface area contributed by atoms with Crippen LogP contribution in [0.2, 0.25) is 0 Å². The van der Waals surface area contributed by atoms with Gasteiger partial charge in [0.05, 0.1) is 12.2 Å². The van der Waals surface area contributed by atoms with E-state index in [0.29, 0.717) is 18.1 Å². The fourth-order valence-corrected chi connectivity index (χ4v) is 2.17. The highest BCUT2D eigenvalue weighted by molar-refractivity contribution is 5.94. The van der Waals surface area contributed by atoms with E-state index in [1.807, 2.05) is 4.90 Å². The number of rotatable bonds is 6. The number of ether oxygens (including phenoxy) is 1. The number of carbonyl (C=O) groups excluding carboxylic acids is 1. The van der Waals surface area contributed by atoms with E-state index in [1.165, 1.54) is 12.8 Å². The minimum Gasteiger partial charge on any atom is -0.478 e.